The third kappa shape index (κ3) is 5.58. The molecule has 0 aliphatic carbocycles. The number of guanidine groups is 1. The van der Waals surface area contributed by atoms with E-state index in [0.717, 1.165) is 31.3 Å². The number of anilines is 2. The number of amides is 1. The van der Waals surface area contributed by atoms with Gasteiger partial charge in [0.25, 0.3) is 0 Å². The highest BCUT2D eigenvalue weighted by Gasteiger charge is 2.19. The van der Waals surface area contributed by atoms with Crippen molar-refractivity contribution in [3.8, 4) is 5.75 Å². The fraction of sp³-hybridized carbons (Fsp3) is 0.389. The molecule has 0 unspecified atom stereocenters. The van der Waals surface area contributed by atoms with Gasteiger partial charge in [0.2, 0.25) is 5.91 Å². The molecule has 27 heavy (non-hydrogen) atoms. The summed E-state index contributed by atoms with van der Waals surface area (Å²) in [6, 6.07) is 7.28. The molecule has 9 heteroatoms. The van der Waals surface area contributed by atoms with Crippen LogP contribution in [-0.2, 0) is 4.79 Å². The minimum absolute atomic E-state index is 0.112. The predicted octanol–water partition coefficient (Wildman–Crippen LogP) is 1.62. The summed E-state index contributed by atoms with van der Waals surface area (Å²) in [5.41, 5.74) is 6.82. The number of piperazine rings is 1. The second-order valence-corrected chi connectivity index (χ2v) is 6.96. The van der Waals surface area contributed by atoms with Crippen LogP contribution in [0.25, 0.3) is 0 Å². The number of aromatic nitrogens is 1. The van der Waals surface area contributed by atoms with Crippen molar-refractivity contribution >= 4 is 34.0 Å². The molecule has 3 N–H and O–H groups in total. The standard InChI is InChI=1S/C18H24N6O2S/c1-14(25)22-15-3-2-4-16(13-15)26-11-5-20-17(19)23-7-9-24(10-8-23)18-21-6-12-27-18/h2-4,6,12-13H,5,7-11H2,1H3,(H2,19,20)(H,22,25). The molecule has 1 saturated heterocycles. The van der Waals surface area contributed by atoms with Crippen molar-refractivity contribution in [3.63, 3.8) is 0 Å². The first-order valence-electron chi connectivity index (χ1n) is 8.81. The Morgan fingerprint density at radius 1 is 1.37 bits per heavy atom. The van der Waals surface area contributed by atoms with Gasteiger partial charge in [-0.25, -0.2) is 9.98 Å². The van der Waals surface area contributed by atoms with E-state index in [0.29, 0.717) is 30.5 Å². The number of hydrogen-bond acceptors (Lipinski definition) is 6. The lowest BCUT2D eigenvalue weighted by molar-refractivity contribution is -0.114. The van der Waals surface area contributed by atoms with Crippen LogP contribution in [0.2, 0.25) is 0 Å². The number of carbonyl (C=O) groups is 1. The van der Waals surface area contributed by atoms with Crippen molar-refractivity contribution in [2.75, 3.05) is 49.5 Å². The average Bonchev–Trinajstić information content (AvgIpc) is 3.20. The second-order valence-electron chi connectivity index (χ2n) is 6.09. The number of benzene rings is 1. The monoisotopic (exact) mass is 388 g/mol. The number of hydrogen-bond donors (Lipinski definition) is 2. The summed E-state index contributed by atoms with van der Waals surface area (Å²) < 4.78 is 5.68. The second kappa shape index (κ2) is 9.22. The smallest absolute Gasteiger partial charge is 0.221 e. The lowest BCUT2D eigenvalue weighted by Gasteiger charge is -2.35. The summed E-state index contributed by atoms with van der Waals surface area (Å²) in [5, 5.41) is 5.77. The Morgan fingerprint density at radius 3 is 2.89 bits per heavy atom. The first-order chi connectivity index (χ1) is 13.1. The minimum Gasteiger partial charge on any atom is -0.492 e. The Morgan fingerprint density at radius 2 is 2.19 bits per heavy atom. The summed E-state index contributed by atoms with van der Waals surface area (Å²) in [7, 11) is 0. The molecule has 144 valence electrons. The number of ether oxygens (including phenoxy) is 1. The van der Waals surface area contributed by atoms with Gasteiger partial charge < -0.3 is 25.6 Å². The molecule has 8 nitrogen and oxygen atoms in total. The molecule has 2 aromatic rings. The Labute approximate surface area is 162 Å². The molecule has 0 radical (unpaired) electrons. The van der Waals surface area contributed by atoms with Crippen LogP contribution in [-0.4, -0.2) is 61.1 Å². The number of thiazole rings is 1. The van der Waals surface area contributed by atoms with Crippen LogP contribution in [0.15, 0.2) is 40.8 Å². The van der Waals surface area contributed by atoms with E-state index in [1.807, 2.05) is 29.8 Å². The Bertz CT molecular complexity index is 772. The van der Waals surface area contributed by atoms with Gasteiger partial charge in [-0.05, 0) is 12.1 Å². The van der Waals surface area contributed by atoms with E-state index in [4.69, 9.17) is 10.5 Å². The Kier molecular flexibility index (Phi) is 6.48. The maximum absolute atomic E-state index is 11.1. The van der Waals surface area contributed by atoms with Crippen molar-refractivity contribution in [2.45, 2.75) is 6.92 Å². The predicted molar refractivity (Wildman–Crippen MR) is 109 cm³/mol. The van der Waals surface area contributed by atoms with Crippen LogP contribution in [0.3, 0.4) is 0 Å². The van der Waals surface area contributed by atoms with Crippen LogP contribution in [0.1, 0.15) is 6.92 Å². The topological polar surface area (TPSA) is 96.1 Å². The van der Waals surface area contributed by atoms with E-state index in [-0.39, 0.29) is 5.91 Å². The molecular weight excluding hydrogens is 364 g/mol. The number of nitrogens with two attached hydrogens (primary N) is 1. The lowest BCUT2D eigenvalue weighted by Crippen LogP contribution is -2.51. The zero-order valence-corrected chi connectivity index (χ0v) is 16.1. The maximum atomic E-state index is 11.1. The number of aliphatic imine (C=N–C) groups is 1. The van der Waals surface area contributed by atoms with E-state index in [1.54, 1.807) is 17.4 Å². The van der Waals surface area contributed by atoms with E-state index in [2.05, 4.69) is 25.1 Å². The maximum Gasteiger partial charge on any atom is 0.221 e. The van der Waals surface area contributed by atoms with Crippen LogP contribution in [0, 0.1) is 0 Å². The van der Waals surface area contributed by atoms with Gasteiger partial charge in [0.1, 0.15) is 12.4 Å². The molecule has 0 spiro atoms. The number of nitrogens with zero attached hydrogens (tertiary/aromatic N) is 4. The normalized spacial score (nSPS) is 14.9. The summed E-state index contributed by atoms with van der Waals surface area (Å²) >= 11 is 1.65. The molecule has 2 heterocycles. The van der Waals surface area contributed by atoms with E-state index >= 15 is 0 Å². The van der Waals surface area contributed by atoms with Gasteiger partial charge in [-0.15, -0.1) is 11.3 Å². The minimum atomic E-state index is -0.112. The molecule has 3 rings (SSSR count). The van der Waals surface area contributed by atoms with E-state index in [1.165, 1.54) is 6.92 Å². The highest BCUT2D eigenvalue weighted by molar-refractivity contribution is 7.13. The van der Waals surface area contributed by atoms with Crippen molar-refractivity contribution in [3.05, 3.63) is 35.8 Å². The number of nitrogens with one attached hydrogen (secondary N) is 1. The SMILES string of the molecule is CC(=O)Nc1cccc(OCCN=C(N)N2CCN(c3nccs3)CC2)c1. The van der Waals surface area contributed by atoms with Gasteiger partial charge in [0.15, 0.2) is 11.1 Å². The first-order valence-corrected chi connectivity index (χ1v) is 9.69. The van der Waals surface area contributed by atoms with Crippen LogP contribution >= 0.6 is 11.3 Å². The van der Waals surface area contributed by atoms with Crippen molar-refractivity contribution < 1.29 is 9.53 Å². The quantitative estimate of drug-likeness (QED) is 0.443. The van der Waals surface area contributed by atoms with Crippen LogP contribution in [0.5, 0.6) is 5.75 Å². The largest absolute Gasteiger partial charge is 0.492 e. The van der Waals surface area contributed by atoms with Gasteiger partial charge in [0, 0.05) is 56.4 Å². The van der Waals surface area contributed by atoms with E-state index < -0.39 is 0 Å². The highest BCUT2D eigenvalue weighted by Crippen LogP contribution is 2.19. The number of rotatable bonds is 6. The third-order valence-electron chi connectivity index (χ3n) is 4.08. The first kappa shape index (κ1) is 19.0. The third-order valence-corrected chi connectivity index (χ3v) is 4.91. The molecule has 1 aromatic carbocycles. The number of carbonyl (C=O) groups excluding carboxylic acids is 1. The molecular formula is C18H24N6O2S. The Hall–Kier alpha value is -2.81. The van der Waals surface area contributed by atoms with E-state index in [9.17, 15) is 4.79 Å². The fourth-order valence-electron chi connectivity index (χ4n) is 2.79. The van der Waals surface area contributed by atoms with Crippen molar-refractivity contribution in [1.82, 2.24) is 9.88 Å². The van der Waals surface area contributed by atoms with Crippen molar-refractivity contribution in [1.29, 1.82) is 0 Å². The summed E-state index contributed by atoms with van der Waals surface area (Å²) in [4.78, 5) is 24.2. The molecule has 0 atom stereocenters. The fourth-order valence-corrected chi connectivity index (χ4v) is 3.49. The zero-order chi connectivity index (χ0) is 19.1. The molecule has 1 fully saturated rings. The van der Waals surface area contributed by atoms with Gasteiger partial charge in [-0.3, -0.25) is 4.79 Å². The molecule has 1 aliphatic heterocycles. The van der Waals surface area contributed by atoms with Crippen molar-refractivity contribution in [2.24, 2.45) is 10.7 Å². The molecule has 1 aromatic heterocycles. The van der Waals surface area contributed by atoms with Crippen LogP contribution in [0.4, 0.5) is 10.8 Å². The summed E-state index contributed by atoms with van der Waals surface area (Å²) in [6.07, 6.45) is 1.83. The molecule has 0 saturated carbocycles. The summed E-state index contributed by atoms with van der Waals surface area (Å²) in [5.74, 6) is 1.12. The van der Waals surface area contributed by atoms with Gasteiger partial charge in [0.05, 0.1) is 6.54 Å². The summed E-state index contributed by atoms with van der Waals surface area (Å²) in [6.45, 7) is 5.80. The molecule has 1 amide bonds. The van der Waals surface area contributed by atoms with Crippen LogP contribution < -0.4 is 20.7 Å². The average molecular weight is 388 g/mol. The molecule has 1 aliphatic rings. The van der Waals surface area contributed by atoms with Gasteiger partial charge in [-0.2, -0.15) is 0 Å². The zero-order valence-electron chi connectivity index (χ0n) is 15.3. The highest BCUT2D eigenvalue weighted by atomic mass is 32.1. The Balaban J connectivity index is 1.41. The lowest BCUT2D eigenvalue weighted by atomic mass is 10.3. The van der Waals surface area contributed by atoms with Gasteiger partial charge in [-0.1, -0.05) is 6.07 Å². The molecule has 0 bridgehead atoms. The van der Waals surface area contributed by atoms with Gasteiger partial charge >= 0.3 is 0 Å².